The van der Waals surface area contributed by atoms with E-state index in [1.165, 1.54) is 17.7 Å². The van der Waals surface area contributed by atoms with Crippen LogP contribution in [0.4, 0.5) is 4.39 Å². The summed E-state index contributed by atoms with van der Waals surface area (Å²) >= 11 is 0. The maximum atomic E-state index is 13.4. The molecule has 0 aliphatic rings. The topological polar surface area (TPSA) is 43.8 Å². The van der Waals surface area contributed by atoms with E-state index in [1.807, 2.05) is 25.5 Å². The second-order valence-corrected chi connectivity index (χ2v) is 4.91. The Labute approximate surface area is 113 Å². The first kappa shape index (κ1) is 13.7. The van der Waals surface area contributed by atoms with Crippen molar-refractivity contribution < 1.29 is 4.39 Å². The Morgan fingerprint density at radius 2 is 2.05 bits per heavy atom. The maximum Gasteiger partial charge on any atom is 0.123 e. The van der Waals surface area contributed by atoms with Crippen LogP contribution in [-0.4, -0.2) is 9.78 Å². The van der Waals surface area contributed by atoms with E-state index >= 15 is 0 Å². The molecule has 1 aromatic heterocycles. The monoisotopic (exact) mass is 261 g/mol. The summed E-state index contributed by atoms with van der Waals surface area (Å²) in [5.74, 6) is -0.270. The summed E-state index contributed by atoms with van der Waals surface area (Å²) in [5, 5.41) is 4.56. The largest absolute Gasteiger partial charge is 0.324 e. The molecular formula is C15H20FN3. The third kappa shape index (κ3) is 2.40. The molecule has 2 aromatic rings. The summed E-state index contributed by atoms with van der Waals surface area (Å²) in [4.78, 5) is 0. The van der Waals surface area contributed by atoms with Crippen molar-refractivity contribution in [2.24, 2.45) is 5.73 Å². The molecule has 102 valence electrons. The number of rotatable bonds is 3. The summed E-state index contributed by atoms with van der Waals surface area (Å²) in [5.41, 5.74) is 10.9. The highest BCUT2D eigenvalue weighted by Crippen LogP contribution is 2.25. The van der Waals surface area contributed by atoms with E-state index in [9.17, 15) is 4.39 Å². The number of nitrogens with two attached hydrogens (primary N) is 1. The minimum absolute atomic E-state index is 0.236. The maximum absolute atomic E-state index is 13.4. The minimum atomic E-state index is -0.270. The van der Waals surface area contributed by atoms with Gasteiger partial charge in [0.15, 0.2) is 0 Å². The molecule has 3 nitrogen and oxygen atoms in total. The number of benzene rings is 1. The number of aryl methyl sites for hydroxylation is 1. The molecule has 0 aliphatic heterocycles. The highest BCUT2D eigenvalue weighted by molar-refractivity contribution is 5.45. The Balaban J connectivity index is 2.65. The fraction of sp³-hybridized carbons (Fsp3) is 0.400. The van der Waals surface area contributed by atoms with Crippen LogP contribution in [0.5, 0.6) is 0 Å². The van der Waals surface area contributed by atoms with Crippen LogP contribution in [0.2, 0.25) is 0 Å². The first-order valence-electron chi connectivity index (χ1n) is 6.56. The van der Waals surface area contributed by atoms with Gasteiger partial charge < -0.3 is 5.73 Å². The van der Waals surface area contributed by atoms with Crippen molar-refractivity contribution in [1.29, 1.82) is 0 Å². The highest BCUT2D eigenvalue weighted by atomic mass is 19.1. The molecule has 0 saturated carbocycles. The van der Waals surface area contributed by atoms with Crippen LogP contribution in [0, 0.1) is 19.7 Å². The fourth-order valence-corrected chi connectivity index (χ4v) is 2.50. The third-order valence-electron chi connectivity index (χ3n) is 3.50. The lowest BCUT2D eigenvalue weighted by molar-refractivity contribution is 0.620. The zero-order valence-electron chi connectivity index (χ0n) is 11.9. The number of nitrogens with zero attached hydrogens (tertiary/aromatic N) is 2. The summed E-state index contributed by atoms with van der Waals surface area (Å²) in [7, 11) is 0. The number of hydrogen-bond acceptors (Lipinski definition) is 2. The van der Waals surface area contributed by atoms with Crippen molar-refractivity contribution in [3.05, 3.63) is 46.5 Å². The summed E-state index contributed by atoms with van der Waals surface area (Å²) in [6.45, 7) is 7.99. The molecule has 19 heavy (non-hydrogen) atoms. The van der Waals surface area contributed by atoms with Crippen molar-refractivity contribution in [2.45, 2.75) is 40.2 Å². The lowest BCUT2D eigenvalue weighted by Gasteiger charge is -2.14. The van der Waals surface area contributed by atoms with Crippen molar-refractivity contribution in [3.63, 3.8) is 0 Å². The van der Waals surface area contributed by atoms with Crippen LogP contribution in [0.25, 0.3) is 5.69 Å². The molecule has 2 rings (SSSR count). The smallest absolute Gasteiger partial charge is 0.123 e. The zero-order valence-corrected chi connectivity index (χ0v) is 11.9. The molecule has 0 fully saturated rings. The molecule has 0 bridgehead atoms. The third-order valence-corrected chi connectivity index (χ3v) is 3.50. The Hall–Kier alpha value is -1.68. The molecular weight excluding hydrogens is 241 g/mol. The number of halogens is 1. The number of hydrogen-bond donors (Lipinski definition) is 1. The normalized spacial score (nSPS) is 12.7. The molecule has 1 heterocycles. The predicted molar refractivity (Wildman–Crippen MR) is 75.0 cm³/mol. The molecule has 0 unspecified atom stereocenters. The lowest BCUT2D eigenvalue weighted by atomic mass is 10.1. The molecule has 0 aliphatic carbocycles. The minimum Gasteiger partial charge on any atom is -0.324 e. The molecule has 0 saturated heterocycles. The molecule has 1 aromatic carbocycles. The van der Waals surface area contributed by atoms with E-state index in [0.29, 0.717) is 0 Å². The first-order chi connectivity index (χ1) is 8.95. The van der Waals surface area contributed by atoms with Crippen molar-refractivity contribution in [2.75, 3.05) is 0 Å². The van der Waals surface area contributed by atoms with Crippen LogP contribution < -0.4 is 5.73 Å². The van der Waals surface area contributed by atoms with E-state index in [0.717, 1.165) is 29.1 Å². The van der Waals surface area contributed by atoms with E-state index in [2.05, 4.69) is 12.0 Å². The molecule has 1 atom stereocenters. The molecule has 0 amide bonds. The molecule has 4 heteroatoms. The summed E-state index contributed by atoms with van der Waals surface area (Å²) < 4.78 is 15.3. The van der Waals surface area contributed by atoms with Crippen LogP contribution in [-0.2, 0) is 6.42 Å². The van der Waals surface area contributed by atoms with Crippen molar-refractivity contribution in [3.8, 4) is 5.69 Å². The highest BCUT2D eigenvalue weighted by Gasteiger charge is 2.16. The van der Waals surface area contributed by atoms with Crippen LogP contribution >= 0.6 is 0 Å². The quantitative estimate of drug-likeness (QED) is 0.922. The average molecular weight is 261 g/mol. The Morgan fingerprint density at radius 3 is 2.58 bits per heavy atom. The van der Waals surface area contributed by atoms with E-state index in [4.69, 9.17) is 5.73 Å². The Kier molecular flexibility index (Phi) is 3.71. The van der Waals surface area contributed by atoms with Gasteiger partial charge in [0.25, 0.3) is 0 Å². The standard InChI is InChI=1S/C15H20FN3/c1-5-13-10(3)18-19(11(13)4)15-7-6-12(16)8-14(15)9(2)17/h6-9H,5,17H2,1-4H3/t9-/m0/s1. The molecule has 0 spiro atoms. The van der Waals surface area contributed by atoms with Gasteiger partial charge in [0.05, 0.1) is 11.4 Å². The average Bonchev–Trinajstić information content (AvgIpc) is 2.64. The zero-order chi connectivity index (χ0) is 14.2. The first-order valence-corrected chi connectivity index (χ1v) is 6.56. The predicted octanol–water partition coefficient (Wildman–Crippen LogP) is 3.21. The van der Waals surface area contributed by atoms with Crippen molar-refractivity contribution >= 4 is 0 Å². The van der Waals surface area contributed by atoms with Gasteiger partial charge in [0, 0.05) is 11.7 Å². The van der Waals surface area contributed by atoms with Crippen LogP contribution in [0.3, 0.4) is 0 Å². The van der Waals surface area contributed by atoms with Gasteiger partial charge in [0.2, 0.25) is 0 Å². The van der Waals surface area contributed by atoms with E-state index in [1.54, 1.807) is 6.07 Å². The van der Waals surface area contributed by atoms with E-state index < -0.39 is 0 Å². The van der Waals surface area contributed by atoms with E-state index in [-0.39, 0.29) is 11.9 Å². The Morgan fingerprint density at radius 1 is 1.37 bits per heavy atom. The summed E-state index contributed by atoms with van der Waals surface area (Å²) in [6.07, 6.45) is 0.937. The second kappa shape index (κ2) is 5.13. The fourth-order valence-electron chi connectivity index (χ4n) is 2.50. The van der Waals surface area contributed by atoms with Gasteiger partial charge in [-0.3, -0.25) is 0 Å². The van der Waals surface area contributed by atoms with Gasteiger partial charge >= 0.3 is 0 Å². The van der Waals surface area contributed by atoms with Gasteiger partial charge in [-0.2, -0.15) is 5.10 Å². The Bertz CT molecular complexity index is 600. The molecule has 2 N–H and O–H groups in total. The van der Waals surface area contributed by atoms with Gasteiger partial charge in [-0.25, -0.2) is 9.07 Å². The second-order valence-electron chi connectivity index (χ2n) is 4.91. The van der Waals surface area contributed by atoms with Gasteiger partial charge in [-0.05, 0) is 56.5 Å². The van der Waals surface area contributed by atoms with Crippen molar-refractivity contribution in [1.82, 2.24) is 9.78 Å². The lowest BCUT2D eigenvalue weighted by Crippen LogP contribution is -2.12. The molecule has 0 radical (unpaired) electrons. The number of aromatic nitrogens is 2. The van der Waals surface area contributed by atoms with Gasteiger partial charge in [-0.1, -0.05) is 6.92 Å². The van der Waals surface area contributed by atoms with Gasteiger partial charge in [-0.15, -0.1) is 0 Å². The van der Waals surface area contributed by atoms with Crippen LogP contribution in [0.15, 0.2) is 18.2 Å². The van der Waals surface area contributed by atoms with Gasteiger partial charge in [0.1, 0.15) is 5.82 Å². The SMILES string of the molecule is CCc1c(C)nn(-c2ccc(F)cc2[C@H](C)N)c1C. The van der Waals surface area contributed by atoms with Crippen LogP contribution in [0.1, 0.15) is 42.4 Å². The summed E-state index contributed by atoms with van der Waals surface area (Å²) in [6, 6.07) is 4.44.